The Morgan fingerprint density at radius 2 is 2.03 bits per heavy atom. The number of piperidine rings is 1. The second-order valence-electron chi connectivity index (χ2n) is 11.8. The van der Waals surface area contributed by atoms with Crippen LogP contribution in [0.1, 0.15) is 51.0 Å². The summed E-state index contributed by atoms with van der Waals surface area (Å²) in [6, 6.07) is 7.93. The zero-order valence-electron chi connectivity index (χ0n) is 22.6. The molecular weight excluding hydrogens is 486 g/mol. The van der Waals surface area contributed by atoms with Crippen LogP contribution < -0.4 is 10.6 Å². The molecule has 3 fully saturated rings. The molecule has 3 aliphatic heterocycles. The lowest BCUT2D eigenvalue weighted by molar-refractivity contribution is -0.135. The molecular formula is C28H45N3O5Si. The van der Waals surface area contributed by atoms with Crippen molar-refractivity contribution in [3.05, 3.63) is 29.8 Å². The number of carbonyl (C=O) groups is 2. The van der Waals surface area contributed by atoms with E-state index in [1.807, 2.05) is 31.3 Å². The molecule has 1 aromatic carbocycles. The molecule has 0 saturated carbocycles. The lowest BCUT2D eigenvalue weighted by atomic mass is 9.95. The average Bonchev–Trinajstić information content (AvgIpc) is 3.47. The van der Waals surface area contributed by atoms with Gasteiger partial charge in [0.1, 0.15) is 0 Å². The van der Waals surface area contributed by atoms with Gasteiger partial charge in [0.05, 0.1) is 37.2 Å². The third-order valence-electron chi connectivity index (χ3n) is 8.58. The third kappa shape index (κ3) is 7.00. The first-order valence-corrected chi connectivity index (χ1v) is 17.1. The number of hydrogen-bond donors (Lipinski definition) is 4. The largest absolute Gasteiger partial charge is 0.432 e. The highest BCUT2D eigenvalue weighted by Gasteiger charge is 2.50. The maximum Gasteiger partial charge on any atom is 0.228 e. The van der Waals surface area contributed by atoms with Crippen molar-refractivity contribution in [3.8, 4) is 0 Å². The number of aliphatic hydroxyl groups is 1. The molecule has 4 N–H and O–H groups in total. The Hall–Kier alpha value is -1.78. The van der Waals surface area contributed by atoms with E-state index in [4.69, 9.17) is 4.74 Å². The van der Waals surface area contributed by atoms with Crippen LogP contribution in [0, 0.1) is 11.8 Å². The summed E-state index contributed by atoms with van der Waals surface area (Å²) in [5.41, 5.74) is 1.93. The van der Waals surface area contributed by atoms with E-state index in [1.165, 1.54) is 0 Å². The second kappa shape index (κ2) is 12.4. The Balaban J connectivity index is 1.36. The average molecular weight is 532 g/mol. The summed E-state index contributed by atoms with van der Waals surface area (Å²) in [5, 5.41) is 16.0. The molecule has 2 amide bonds. The van der Waals surface area contributed by atoms with Crippen molar-refractivity contribution in [1.82, 2.24) is 10.2 Å². The number of aryl methyl sites for hydroxylation is 1. The molecule has 8 nitrogen and oxygen atoms in total. The molecule has 0 radical (unpaired) electrons. The molecule has 9 heteroatoms. The fraction of sp³-hybridized carbons (Fsp3) is 0.714. The van der Waals surface area contributed by atoms with Crippen molar-refractivity contribution in [2.45, 2.75) is 88.8 Å². The van der Waals surface area contributed by atoms with Gasteiger partial charge in [-0.3, -0.25) is 9.59 Å². The van der Waals surface area contributed by atoms with Gasteiger partial charge in [0.25, 0.3) is 0 Å². The van der Waals surface area contributed by atoms with Gasteiger partial charge in [0, 0.05) is 24.3 Å². The molecule has 0 aliphatic carbocycles. The van der Waals surface area contributed by atoms with Crippen LogP contribution in [-0.4, -0.2) is 79.4 Å². The number of carbonyl (C=O) groups excluding carboxylic acids is 2. The molecule has 1 unspecified atom stereocenters. The van der Waals surface area contributed by atoms with E-state index in [1.54, 1.807) is 4.90 Å². The minimum absolute atomic E-state index is 0.00295. The highest BCUT2D eigenvalue weighted by Crippen LogP contribution is 2.45. The molecule has 206 valence electrons. The number of benzene rings is 1. The summed E-state index contributed by atoms with van der Waals surface area (Å²) in [7, 11) is -2.57. The molecule has 0 aromatic heterocycles. The SMILES string of the molecule is C[C@H]1[C@H]([Si](C)(C)O)[C@@H](CC(=O)N2CCC[C@H]2CO)O[C@H]1CCc1cccc(NC(=O)C2CCCNC2)c1. The summed E-state index contributed by atoms with van der Waals surface area (Å²) in [4.78, 5) is 38.7. The van der Waals surface area contributed by atoms with Gasteiger partial charge in [-0.15, -0.1) is 0 Å². The van der Waals surface area contributed by atoms with Crippen molar-refractivity contribution >= 4 is 25.8 Å². The summed E-state index contributed by atoms with van der Waals surface area (Å²) >= 11 is 0. The van der Waals surface area contributed by atoms with Gasteiger partial charge in [-0.05, 0) is 81.8 Å². The molecule has 3 heterocycles. The Morgan fingerprint density at radius 1 is 1.22 bits per heavy atom. The van der Waals surface area contributed by atoms with E-state index < -0.39 is 8.32 Å². The topological polar surface area (TPSA) is 111 Å². The standard InChI is InChI=1S/C28H45N3O5Si/c1-19-24(12-11-20-7-4-9-22(15-20)30-28(34)21-8-5-13-29-17-21)36-25(27(19)37(2,3)35)16-26(33)31-14-6-10-23(31)18-32/h4,7,9,15,19,21,23-25,27,29,32,35H,5-6,8,10-14,16-18H2,1-3H3,(H,30,34)/t19-,21?,23+,24+,25-,27+/m1/s1. The van der Waals surface area contributed by atoms with E-state index in [0.29, 0.717) is 6.54 Å². The number of ether oxygens (including phenoxy) is 1. The van der Waals surface area contributed by atoms with Crippen LogP contribution in [-0.2, 0) is 20.7 Å². The van der Waals surface area contributed by atoms with Gasteiger partial charge in [0.2, 0.25) is 11.8 Å². The van der Waals surface area contributed by atoms with Crippen LogP contribution in [0.3, 0.4) is 0 Å². The number of anilines is 1. The zero-order chi connectivity index (χ0) is 26.6. The number of likely N-dealkylation sites (tertiary alicyclic amines) is 1. The molecule has 4 rings (SSSR count). The van der Waals surface area contributed by atoms with Crippen LogP contribution >= 0.6 is 0 Å². The Kier molecular flexibility index (Phi) is 9.45. The maximum absolute atomic E-state index is 13.1. The highest BCUT2D eigenvalue weighted by atomic mass is 28.4. The molecule has 6 atom stereocenters. The number of nitrogens with zero attached hydrogens (tertiary/aromatic N) is 1. The lowest BCUT2D eigenvalue weighted by Gasteiger charge is -2.31. The number of hydrogen-bond acceptors (Lipinski definition) is 6. The lowest BCUT2D eigenvalue weighted by Crippen LogP contribution is -2.43. The second-order valence-corrected chi connectivity index (χ2v) is 15.8. The first kappa shape index (κ1) is 28.2. The van der Waals surface area contributed by atoms with Gasteiger partial charge in [-0.2, -0.15) is 0 Å². The van der Waals surface area contributed by atoms with Crippen molar-refractivity contribution in [2.75, 3.05) is 31.6 Å². The number of nitrogens with one attached hydrogen (secondary N) is 2. The normalized spacial score (nSPS) is 30.5. The maximum atomic E-state index is 13.1. The first-order valence-electron chi connectivity index (χ1n) is 14.1. The zero-order valence-corrected chi connectivity index (χ0v) is 23.6. The monoisotopic (exact) mass is 531 g/mol. The summed E-state index contributed by atoms with van der Waals surface area (Å²) in [6.45, 7) is 8.42. The van der Waals surface area contributed by atoms with Crippen LogP contribution in [0.2, 0.25) is 18.6 Å². The predicted octanol–water partition coefficient (Wildman–Crippen LogP) is 2.90. The van der Waals surface area contributed by atoms with Crippen LogP contribution in [0.15, 0.2) is 24.3 Å². The van der Waals surface area contributed by atoms with E-state index in [-0.39, 0.29) is 60.5 Å². The van der Waals surface area contributed by atoms with Crippen LogP contribution in [0.4, 0.5) is 5.69 Å². The van der Waals surface area contributed by atoms with Crippen molar-refractivity contribution in [2.24, 2.45) is 11.8 Å². The van der Waals surface area contributed by atoms with Crippen LogP contribution in [0.5, 0.6) is 0 Å². The smallest absolute Gasteiger partial charge is 0.228 e. The molecule has 3 saturated heterocycles. The number of amides is 2. The quantitative estimate of drug-likeness (QED) is 0.365. The fourth-order valence-electron chi connectivity index (χ4n) is 6.68. The van der Waals surface area contributed by atoms with Crippen molar-refractivity contribution < 1.29 is 24.2 Å². The number of rotatable bonds is 9. The minimum Gasteiger partial charge on any atom is -0.432 e. The van der Waals surface area contributed by atoms with E-state index in [2.05, 4.69) is 23.6 Å². The van der Waals surface area contributed by atoms with Gasteiger partial charge in [-0.1, -0.05) is 19.1 Å². The van der Waals surface area contributed by atoms with E-state index in [0.717, 1.165) is 62.9 Å². The molecule has 0 bridgehead atoms. The van der Waals surface area contributed by atoms with Gasteiger partial charge >= 0.3 is 0 Å². The van der Waals surface area contributed by atoms with Crippen molar-refractivity contribution in [1.29, 1.82) is 0 Å². The van der Waals surface area contributed by atoms with Crippen molar-refractivity contribution in [3.63, 3.8) is 0 Å². The highest BCUT2D eigenvalue weighted by molar-refractivity contribution is 6.71. The summed E-state index contributed by atoms with van der Waals surface area (Å²) < 4.78 is 6.50. The van der Waals surface area contributed by atoms with Gasteiger partial charge in [-0.25, -0.2) is 0 Å². The van der Waals surface area contributed by atoms with E-state index in [9.17, 15) is 19.5 Å². The Bertz CT molecular complexity index is 933. The first-order chi connectivity index (χ1) is 17.7. The minimum atomic E-state index is -2.57. The molecule has 1 aromatic rings. The summed E-state index contributed by atoms with van der Waals surface area (Å²) in [6.07, 6.45) is 5.21. The molecule has 37 heavy (non-hydrogen) atoms. The third-order valence-corrected chi connectivity index (χ3v) is 11.1. The predicted molar refractivity (Wildman–Crippen MR) is 147 cm³/mol. The fourth-order valence-corrected chi connectivity index (χ4v) is 9.29. The molecule has 0 spiro atoms. The Morgan fingerprint density at radius 3 is 2.73 bits per heavy atom. The van der Waals surface area contributed by atoms with Gasteiger partial charge in [0.15, 0.2) is 8.32 Å². The number of aliphatic hydroxyl groups excluding tert-OH is 1. The van der Waals surface area contributed by atoms with Crippen LogP contribution in [0.25, 0.3) is 0 Å². The molecule has 3 aliphatic rings. The summed E-state index contributed by atoms with van der Waals surface area (Å²) in [5.74, 6) is 0.262. The Labute approximate surface area is 222 Å². The van der Waals surface area contributed by atoms with Gasteiger partial charge < -0.3 is 30.2 Å². The van der Waals surface area contributed by atoms with E-state index >= 15 is 0 Å².